The highest BCUT2D eigenvalue weighted by molar-refractivity contribution is 5.45. The summed E-state index contributed by atoms with van der Waals surface area (Å²) in [6, 6.07) is 0. The molecule has 1 aromatic heterocycles. The third-order valence-electron chi connectivity index (χ3n) is 2.38. The maximum absolute atomic E-state index is 4.35. The molecule has 2 rings (SSSR count). The normalized spacial score (nSPS) is 19.5. The van der Waals surface area contributed by atoms with E-state index in [1.54, 1.807) is 12.4 Å². The average molecular weight is 163 g/mol. The molecule has 1 aromatic rings. The second-order valence-corrected chi connectivity index (χ2v) is 3.81. The highest BCUT2D eigenvalue weighted by Crippen LogP contribution is 2.32. The maximum atomic E-state index is 4.35. The first kappa shape index (κ1) is 7.53. The molecule has 3 heteroatoms. The van der Waals surface area contributed by atoms with Gasteiger partial charge in [-0.3, -0.25) is 4.98 Å². The van der Waals surface area contributed by atoms with E-state index < -0.39 is 0 Å². The molecule has 0 atom stereocenters. The lowest BCUT2D eigenvalue weighted by atomic mass is 9.83. The van der Waals surface area contributed by atoms with Gasteiger partial charge < -0.3 is 5.32 Å². The molecule has 0 fully saturated rings. The van der Waals surface area contributed by atoms with E-state index in [2.05, 4.69) is 29.1 Å². The first-order valence-electron chi connectivity index (χ1n) is 4.25. The Hall–Kier alpha value is -1.12. The molecule has 0 saturated heterocycles. The van der Waals surface area contributed by atoms with Crippen LogP contribution in [0.1, 0.15) is 26.0 Å². The highest BCUT2D eigenvalue weighted by atomic mass is 15.0. The standard InChI is InChI=1S/C9H13N3/c1-9(2)3-4-11-8-7(9)10-5-6-12-8/h5-6H,3-4H2,1-2H3,(H,11,12). The zero-order valence-corrected chi connectivity index (χ0v) is 7.46. The van der Waals surface area contributed by atoms with Crippen molar-refractivity contribution in [2.75, 3.05) is 11.9 Å². The summed E-state index contributed by atoms with van der Waals surface area (Å²) in [6.07, 6.45) is 4.61. The lowest BCUT2D eigenvalue weighted by Crippen LogP contribution is -2.30. The van der Waals surface area contributed by atoms with Gasteiger partial charge in [0.1, 0.15) is 5.82 Å². The van der Waals surface area contributed by atoms with E-state index in [0.717, 1.165) is 24.5 Å². The van der Waals surface area contributed by atoms with Crippen LogP contribution in [0.5, 0.6) is 0 Å². The predicted molar refractivity (Wildman–Crippen MR) is 48.2 cm³/mol. The third kappa shape index (κ3) is 1.05. The Morgan fingerprint density at radius 3 is 2.83 bits per heavy atom. The quantitative estimate of drug-likeness (QED) is 0.631. The molecule has 2 heterocycles. The van der Waals surface area contributed by atoms with Crippen LogP contribution in [0.4, 0.5) is 5.82 Å². The molecule has 12 heavy (non-hydrogen) atoms. The van der Waals surface area contributed by atoms with Crippen molar-refractivity contribution in [2.45, 2.75) is 25.7 Å². The number of rotatable bonds is 0. The monoisotopic (exact) mass is 163 g/mol. The Morgan fingerprint density at radius 2 is 2.08 bits per heavy atom. The SMILES string of the molecule is CC1(C)CCNc2nccnc21. The third-order valence-corrected chi connectivity index (χ3v) is 2.38. The molecular formula is C9H13N3. The van der Waals surface area contributed by atoms with Crippen LogP contribution >= 0.6 is 0 Å². The van der Waals surface area contributed by atoms with Gasteiger partial charge in [-0.15, -0.1) is 0 Å². The fourth-order valence-corrected chi connectivity index (χ4v) is 1.57. The van der Waals surface area contributed by atoms with Crippen LogP contribution in [0.3, 0.4) is 0 Å². The summed E-state index contributed by atoms with van der Waals surface area (Å²) in [6.45, 7) is 5.42. The summed E-state index contributed by atoms with van der Waals surface area (Å²) in [5, 5.41) is 3.24. The predicted octanol–water partition coefficient (Wildman–Crippen LogP) is 1.57. The van der Waals surface area contributed by atoms with Crippen LogP contribution in [0, 0.1) is 0 Å². The Balaban J connectivity index is 2.52. The molecule has 64 valence electrons. The maximum Gasteiger partial charge on any atom is 0.148 e. The molecule has 0 unspecified atom stereocenters. The summed E-state index contributed by atoms with van der Waals surface area (Å²) >= 11 is 0. The van der Waals surface area contributed by atoms with Crippen LogP contribution < -0.4 is 5.32 Å². The molecule has 0 saturated carbocycles. The lowest BCUT2D eigenvalue weighted by molar-refractivity contribution is 0.463. The molecular weight excluding hydrogens is 150 g/mol. The fraction of sp³-hybridized carbons (Fsp3) is 0.556. The first-order valence-corrected chi connectivity index (χ1v) is 4.25. The van der Waals surface area contributed by atoms with Crippen LogP contribution in [0.2, 0.25) is 0 Å². The second-order valence-electron chi connectivity index (χ2n) is 3.81. The van der Waals surface area contributed by atoms with E-state index in [1.807, 2.05) is 0 Å². The summed E-state index contributed by atoms with van der Waals surface area (Å²) in [7, 11) is 0. The van der Waals surface area contributed by atoms with Gasteiger partial charge in [0.2, 0.25) is 0 Å². The van der Waals surface area contributed by atoms with Crippen LogP contribution in [-0.2, 0) is 5.41 Å². The Bertz CT molecular complexity index is 294. The van der Waals surface area contributed by atoms with Crippen molar-refractivity contribution < 1.29 is 0 Å². The van der Waals surface area contributed by atoms with Gasteiger partial charge in [-0.1, -0.05) is 13.8 Å². The van der Waals surface area contributed by atoms with E-state index in [-0.39, 0.29) is 5.41 Å². The lowest BCUT2D eigenvalue weighted by Gasteiger charge is -2.30. The van der Waals surface area contributed by atoms with E-state index >= 15 is 0 Å². The largest absolute Gasteiger partial charge is 0.369 e. The van der Waals surface area contributed by atoms with Crippen LogP contribution in [-0.4, -0.2) is 16.5 Å². The first-order chi connectivity index (χ1) is 5.70. The molecule has 1 N–H and O–H groups in total. The topological polar surface area (TPSA) is 37.8 Å². The van der Waals surface area contributed by atoms with Crippen molar-refractivity contribution in [3.8, 4) is 0 Å². The Labute approximate surface area is 72.2 Å². The molecule has 3 nitrogen and oxygen atoms in total. The minimum Gasteiger partial charge on any atom is -0.369 e. The molecule has 0 aromatic carbocycles. The van der Waals surface area contributed by atoms with E-state index in [1.165, 1.54) is 0 Å². The zero-order valence-electron chi connectivity index (χ0n) is 7.46. The number of nitrogens with one attached hydrogen (secondary N) is 1. The van der Waals surface area contributed by atoms with Gasteiger partial charge in [0, 0.05) is 24.4 Å². The molecule has 0 amide bonds. The summed E-state index contributed by atoms with van der Waals surface area (Å²) in [5.41, 5.74) is 1.27. The molecule has 1 aliphatic rings. The van der Waals surface area contributed by atoms with Crippen molar-refractivity contribution in [3.05, 3.63) is 18.1 Å². The zero-order chi connectivity index (χ0) is 8.60. The minimum atomic E-state index is 0.175. The van der Waals surface area contributed by atoms with Crippen LogP contribution in [0.15, 0.2) is 12.4 Å². The fourth-order valence-electron chi connectivity index (χ4n) is 1.57. The molecule has 0 spiro atoms. The van der Waals surface area contributed by atoms with E-state index in [4.69, 9.17) is 0 Å². The molecule has 1 aliphatic heterocycles. The summed E-state index contributed by atoms with van der Waals surface area (Å²) in [5.74, 6) is 0.953. The average Bonchev–Trinajstić information content (AvgIpc) is 2.04. The number of anilines is 1. The van der Waals surface area contributed by atoms with E-state index in [0.29, 0.717) is 0 Å². The van der Waals surface area contributed by atoms with Gasteiger partial charge in [0.05, 0.1) is 5.69 Å². The van der Waals surface area contributed by atoms with Crippen molar-refractivity contribution in [2.24, 2.45) is 0 Å². The molecule has 0 bridgehead atoms. The van der Waals surface area contributed by atoms with Crippen molar-refractivity contribution >= 4 is 5.82 Å². The summed E-state index contributed by atoms with van der Waals surface area (Å²) in [4.78, 5) is 8.59. The Kier molecular flexibility index (Phi) is 1.53. The second kappa shape index (κ2) is 2.44. The van der Waals surface area contributed by atoms with Gasteiger partial charge >= 0.3 is 0 Å². The Morgan fingerprint density at radius 1 is 1.33 bits per heavy atom. The molecule has 0 radical (unpaired) electrons. The van der Waals surface area contributed by atoms with Gasteiger partial charge in [-0.25, -0.2) is 4.98 Å². The van der Waals surface area contributed by atoms with Crippen molar-refractivity contribution in [3.63, 3.8) is 0 Å². The summed E-state index contributed by atoms with van der Waals surface area (Å²) < 4.78 is 0. The number of nitrogens with zero attached hydrogens (tertiary/aromatic N) is 2. The number of aromatic nitrogens is 2. The van der Waals surface area contributed by atoms with Gasteiger partial charge in [-0.05, 0) is 6.42 Å². The van der Waals surface area contributed by atoms with Gasteiger partial charge in [0.25, 0.3) is 0 Å². The number of hydrogen-bond donors (Lipinski definition) is 1. The smallest absolute Gasteiger partial charge is 0.148 e. The highest BCUT2D eigenvalue weighted by Gasteiger charge is 2.29. The van der Waals surface area contributed by atoms with Crippen LogP contribution in [0.25, 0.3) is 0 Å². The molecule has 0 aliphatic carbocycles. The van der Waals surface area contributed by atoms with Crippen molar-refractivity contribution in [1.29, 1.82) is 0 Å². The number of hydrogen-bond acceptors (Lipinski definition) is 3. The number of fused-ring (bicyclic) bond motifs is 1. The van der Waals surface area contributed by atoms with Gasteiger partial charge in [0.15, 0.2) is 0 Å². The minimum absolute atomic E-state index is 0.175. The van der Waals surface area contributed by atoms with Crippen molar-refractivity contribution in [1.82, 2.24) is 9.97 Å². The van der Waals surface area contributed by atoms with Gasteiger partial charge in [-0.2, -0.15) is 0 Å². The van der Waals surface area contributed by atoms with E-state index in [9.17, 15) is 0 Å².